The molecule has 2 aliphatic heterocycles. The second-order valence-electron chi connectivity index (χ2n) is 9.78. The van der Waals surface area contributed by atoms with Crippen molar-refractivity contribution in [1.29, 1.82) is 0 Å². The Balaban J connectivity index is 1.69. The minimum Gasteiger partial charge on any atom is -0.365 e. The Morgan fingerprint density at radius 2 is 1.83 bits per heavy atom. The summed E-state index contributed by atoms with van der Waals surface area (Å²) < 4.78 is 18.6. The van der Waals surface area contributed by atoms with Crippen molar-refractivity contribution >= 4 is 0 Å². The standard InChI is InChI=1S/C21H32O3/c1-19(2,3)18-15-9-10-21(12-22-20(4,5)23-13-21)11-16(15)14-7-6-8-17(14)24-18/h9,17-18H,6-8,10-13H2,1-5H3/t17-,18+/m0/s1. The van der Waals surface area contributed by atoms with Crippen LogP contribution in [0.15, 0.2) is 22.8 Å². The van der Waals surface area contributed by atoms with Crippen molar-refractivity contribution in [1.82, 2.24) is 0 Å². The molecule has 2 atom stereocenters. The highest BCUT2D eigenvalue weighted by Gasteiger charge is 2.48. The first-order valence-electron chi connectivity index (χ1n) is 9.55. The number of fused-ring (bicyclic) bond motifs is 2. The zero-order valence-corrected chi connectivity index (χ0v) is 15.9. The molecule has 0 unspecified atom stereocenters. The molecule has 4 rings (SSSR count). The van der Waals surface area contributed by atoms with E-state index in [9.17, 15) is 0 Å². The zero-order valence-electron chi connectivity index (χ0n) is 15.9. The molecule has 1 saturated carbocycles. The fraction of sp³-hybridized carbons (Fsp3) is 0.810. The lowest BCUT2D eigenvalue weighted by Crippen LogP contribution is -2.49. The maximum Gasteiger partial charge on any atom is 0.162 e. The smallest absolute Gasteiger partial charge is 0.162 e. The lowest BCUT2D eigenvalue weighted by Gasteiger charge is -2.49. The highest BCUT2D eigenvalue weighted by atomic mass is 16.7. The van der Waals surface area contributed by atoms with E-state index in [1.807, 2.05) is 13.8 Å². The van der Waals surface area contributed by atoms with Gasteiger partial charge in [0.1, 0.15) is 0 Å². The van der Waals surface area contributed by atoms with Crippen LogP contribution < -0.4 is 0 Å². The summed E-state index contributed by atoms with van der Waals surface area (Å²) in [7, 11) is 0. The average molecular weight is 332 g/mol. The van der Waals surface area contributed by atoms with Crippen LogP contribution >= 0.6 is 0 Å². The maximum atomic E-state index is 6.56. The molecule has 1 spiro atoms. The van der Waals surface area contributed by atoms with E-state index in [2.05, 4.69) is 26.8 Å². The molecule has 0 bridgehead atoms. The maximum absolute atomic E-state index is 6.56. The van der Waals surface area contributed by atoms with Gasteiger partial charge >= 0.3 is 0 Å². The van der Waals surface area contributed by atoms with Gasteiger partial charge in [-0.1, -0.05) is 26.8 Å². The SMILES string of the molecule is CC1(C)OCC2(CC=C3C(=C4CCC[C@@H]4O[C@H]3C(C)(C)C)C2)CO1. The number of hydrogen-bond donors (Lipinski definition) is 0. The van der Waals surface area contributed by atoms with Gasteiger partial charge in [-0.2, -0.15) is 0 Å². The first-order valence-corrected chi connectivity index (χ1v) is 9.55. The van der Waals surface area contributed by atoms with E-state index >= 15 is 0 Å². The Kier molecular flexibility index (Phi) is 3.80. The minimum atomic E-state index is -0.438. The number of hydrogen-bond acceptors (Lipinski definition) is 3. The monoisotopic (exact) mass is 332 g/mol. The molecule has 2 heterocycles. The summed E-state index contributed by atoms with van der Waals surface area (Å²) in [5, 5.41) is 0. The molecule has 1 saturated heterocycles. The highest BCUT2D eigenvalue weighted by molar-refractivity contribution is 5.47. The number of allylic oxidation sites excluding steroid dienone is 1. The molecule has 0 radical (unpaired) electrons. The normalized spacial score (nSPS) is 34.8. The third kappa shape index (κ3) is 2.79. The molecule has 3 heteroatoms. The average Bonchev–Trinajstić information content (AvgIpc) is 2.98. The van der Waals surface area contributed by atoms with Crippen LogP contribution in [0.1, 0.15) is 66.7 Å². The van der Waals surface area contributed by atoms with Gasteiger partial charge in [0.15, 0.2) is 5.79 Å². The van der Waals surface area contributed by atoms with Gasteiger partial charge in [-0.3, -0.25) is 0 Å². The van der Waals surface area contributed by atoms with Crippen LogP contribution in [-0.2, 0) is 14.2 Å². The van der Waals surface area contributed by atoms with Crippen molar-refractivity contribution in [2.45, 2.75) is 84.7 Å². The first-order chi connectivity index (χ1) is 11.2. The molecule has 2 fully saturated rings. The second kappa shape index (κ2) is 5.43. The van der Waals surface area contributed by atoms with Gasteiger partial charge in [0.25, 0.3) is 0 Å². The first kappa shape index (κ1) is 16.8. The van der Waals surface area contributed by atoms with Gasteiger partial charge in [0.05, 0.1) is 25.4 Å². The van der Waals surface area contributed by atoms with Crippen molar-refractivity contribution in [3.63, 3.8) is 0 Å². The van der Waals surface area contributed by atoms with E-state index in [4.69, 9.17) is 14.2 Å². The van der Waals surface area contributed by atoms with E-state index in [1.165, 1.54) is 24.8 Å². The van der Waals surface area contributed by atoms with Crippen molar-refractivity contribution in [3.05, 3.63) is 22.8 Å². The van der Waals surface area contributed by atoms with Crippen LogP contribution in [0.5, 0.6) is 0 Å². The van der Waals surface area contributed by atoms with Crippen molar-refractivity contribution in [3.8, 4) is 0 Å². The Hall–Kier alpha value is -0.640. The Morgan fingerprint density at radius 3 is 2.50 bits per heavy atom. The zero-order chi connectivity index (χ0) is 17.2. The van der Waals surface area contributed by atoms with Crippen molar-refractivity contribution in [2.75, 3.05) is 13.2 Å². The van der Waals surface area contributed by atoms with E-state index in [1.54, 1.807) is 11.1 Å². The van der Waals surface area contributed by atoms with Gasteiger partial charge in [-0.15, -0.1) is 0 Å². The largest absolute Gasteiger partial charge is 0.365 e. The summed E-state index contributed by atoms with van der Waals surface area (Å²) in [6.45, 7) is 12.5. The predicted octanol–water partition coefficient (Wildman–Crippen LogP) is 4.77. The molecule has 0 amide bonds. The molecule has 0 aromatic heterocycles. The molecule has 0 N–H and O–H groups in total. The molecule has 0 aromatic rings. The van der Waals surface area contributed by atoms with Gasteiger partial charge in [-0.05, 0) is 68.1 Å². The molecular formula is C21H32O3. The highest BCUT2D eigenvalue weighted by Crippen LogP contribution is 2.52. The summed E-state index contributed by atoms with van der Waals surface area (Å²) in [5.41, 5.74) is 4.88. The lowest BCUT2D eigenvalue weighted by molar-refractivity contribution is -0.285. The topological polar surface area (TPSA) is 27.7 Å². The summed E-state index contributed by atoms with van der Waals surface area (Å²) >= 11 is 0. The van der Waals surface area contributed by atoms with Crippen molar-refractivity contribution in [2.24, 2.45) is 10.8 Å². The van der Waals surface area contributed by atoms with Crippen LogP contribution in [0.25, 0.3) is 0 Å². The Bertz CT molecular complexity index is 581. The third-order valence-corrected chi connectivity index (χ3v) is 6.17. The quantitative estimate of drug-likeness (QED) is 0.639. The lowest BCUT2D eigenvalue weighted by atomic mass is 9.67. The molecule has 3 nitrogen and oxygen atoms in total. The number of ether oxygens (including phenoxy) is 3. The summed E-state index contributed by atoms with van der Waals surface area (Å²) in [6, 6.07) is 0. The summed E-state index contributed by atoms with van der Waals surface area (Å²) in [4.78, 5) is 0. The number of rotatable bonds is 0. The molecule has 0 aromatic carbocycles. The predicted molar refractivity (Wildman–Crippen MR) is 94.7 cm³/mol. The molecule has 24 heavy (non-hydrogen) atoms. The Morgan fingerprint density at radius 1 is 1.12 bits per heavy atom. The van der Waals surface area contributed by atoms with Crippen LogP contribution in [0.2, 0.25) is 0 Å². The van der Waals surface area contributed by atoms with Crippen LogP contribution in [0, 0.1) is 10.8 Å². The molecule has 2 aliphatic carbocycles. The van der Waals surface area contributed by atoms with E-state index < -0.39 is 5.79 Å². The van der Waals surface area contributed by atoms with Crippen LogP contribution in [0.3, 0.4) is 0 Å². The minimum absolute atomic E-state index is 0.119. The van der Waals surface area contributed by atoms with E-state index in [0.717, 1.165) is 26.1 Å². The Labute approximate surface area is 146 Å². The van der Waals surface area contributed by atoms with E-state index in [-0.39, 0.29) is 16.9 Å². The molecule has 134 valence electrons. The van der Waals surface area contributed by atoms with Crippen molar-refractivity contribution < 1.29 is 14.2 Å². The van der Waals surface area contributed by atoms with Gasteiger partial charge in [-0.25, -0.2) is 0 Å². The molecule has 4 aliphatic rings. The second-order valence-corrected chi connectivity index (χ2v) is 9.78. The van der Waals surface area contributed by atoms with E-state index in [0.29, 0.717) is 6.10 Å². The fourth-order valence-corrected chi connectivity index (χ4v) is 4.74. The summed E-state index contributed by atoms with van der Waals surface area (Å²) in [6.07, 6.45) is 8.80. The summed E-state index contributed by atoms with van der Waals surface area (Å²) in [5.74, 6) is -0.438. The van der Waals surface area contributed by atoms with Crippen LogP contribution in [-0.4, -0.2) is 31.2 Å². The van der Waals surface area contributed by atoms with Gasteiger partial charge in [0, 0.05) is 5.41 Å². The van der Waals surface area contributed by atoms with Gasteiger partial charge in [0.2, 0.25) is 0 Å². The molecular weight excluding hydrogens is 300 g/mol. The van der Waals surface area contributed by atoms with Gasteiger partial charge < -0.3 is 14.2 Å². The van der Waals surface area contributed by atoms with Crippen LogP contribution in [0.4, 0.5) is 0 Å². The fourth-order valence-electron chi connectivity index (χ4n) is 4.74. The third-order valence-electron chi connectivity index (χ3n) is 6.17.